The third-order valence-electron chi connectivity index (χ3n) is 6.83. The average molecular weight is 619 g/mol. The van der Waals surface area contributed by atoms with Gasteiger partial charge in [0.15, 0.2) is 5.78 Å². The second kappa shape index (κ2) is 11.7. The summed E-state index contributed by atoms with van der Waals surface area (Å²) in [5.41, 5.74) is 1.97. The molecule has 2 heterocycles. The number of aromatic hydroxyl groups is 1. The summed E-state index contributed by atoms with van der Waals surface area (Å²) in [6, 6.07) is 25.2. The molecule has 0 fully saturated rings. The van der Waals surface area contributed by atoms with E-state index in [2.05, 4.69) is 19.1 Å². The van der Waals surface area contributed by atoms with Crippen molar-refractivity contribution >= 4 is 35.1 Å². The van der Waals surface area contributed by atoms with Gasteiger partial charge in [-0.25, -0.2) is 0 Å². The van der Waals surface area contributed by atoms with Gasteiger partial charge >= 0.3 is 0 Å². The van der Waals surface area contributed by atoms with Gasteiger partial charge < -0.3 is 5.11 Å². The Hall–Kier alpha value is -4.27. The number of ketones is 1. The number of imide groups is 2. The van der Waals surface area contributed by atoms with E-state index in [1.165, 1.54) is 43.8 Å². The number of anilines is 1. The van der Waals surface area contributed by atoms with Gasteiger partial charge in [-0.3, -0.25) is 33.8 Å². The number of hydrogen-bond acceptors (Lipinski definition) is 6. The topological polar surface area (TPSA) is 112 Å². The molecule has 4 aromatic rings. The first-order valence-corrected chi connectivity index (χ1v) is 12.3. The van der Waals surface area contributed by atoms with Crippen LogP contribution >= 0.6 is 0 Å². The molecule has 0 saturated carbocycles. The summed E-state index contributed by atoms with van der Waals surface area (Å²) in [6.07, 6.45) is 0. The molecule has 0 spiro atoms. The van der Waals surface area contributed by atoms with E-state index in [4.69, 9.17) is 0 Å². The summed E-state index contributed by atoms with van der Waals surface area (Å²) in [5.74, 6) is -3.28. The van der Waals surface area contributed by atoms with Crippen LogP contribution in [0.5, 0.6) is 5.75 Å². The maximum Gasteiger partial charge on any atom is 0.264 e. The smallest absolute Gasteiger partial charge is 0.264 e. The van der Waals surface area contributed by atoms with Gasteiger partial charge in [-0.2, -0.15) is 54.1 Å². The molecule has 2 aliphatic rings. The van der Waals surface area contributed by atoms with Crippen LogP contribution in [0.15, 0.2) is 72.8 Å². The van der Waals surface area contributed by atoms with Crippen LogP contribution in [-0.2, 0) is 32.7 Å². The molecule has 201 valence electrons. The average Bonchev–Trinajstić information content (AvgIpc) is 3.34. The van der Waals surface area contributed by atoms with Crippen molar-refractivity contribution < 1.29 is 61.8 Å². The van der Waals surface area contributed by atoms with Crippen molar-refractivity contribution in [2.75, 3.05) is 11.9 Å². The van der Waals surface area contributed by atoms with Gasteiger partial charge in [0, 0.05) is 50.9 Å². The zero-order valence-electron chi connectivity index (χ0n) is 22.4. The van der Waals surface area contributed by atoms with E-state index >= 15 is 0 Å². The Kier molecular flexibility index (Phi) is 8.47. The predicted octanol–water partition coefficient (Wildman–Crippen LogP) is 4.55. The molecular weight excluding hydrogens is 597 g/mol. The van der Waals surface area contributed by atoms with Crippen LogP contribution < -0.4 is 4.90 Å². The number of fused-ring (bicyclic) bond motifs is 2. The molecule has 0 unspecified atom stereocenters. The van der Waals surface area contributed by atoms with Crippen LogP contribution in [0.2, 0.25) is 0 Å². The van der Waals surface area contributed by atoms with Crippen molar-refractivity contribution in [2.24, 2.45) is 0 Å². The summed E-state index contributed by atoms with van der Waals surface area (Å²) >= 11 is 0. The monoisotopic (exact) mass is 619 g/mol. The predicted molar refractivity (Wildman–Crippen MR) is 146 cm³/mol. The molecule has 1 radical (unpaired) electrons. The first-order chi connectivity index (χ1) is 19.1. The number of rotatable bonds is 3. The summed E-state index contributed by atoms with van der Waals surface area (Å²) in [7, 11) is 1.32. The number of phenolic OH excluding ortho intramolecular Hbond substituents is 1. The molecule has 4 amide bonds. The van der Waals surface area contributed by atoms with E-state index in [1.807, 2.05) is 24.3 Å². The molecule has 6 rings (SSSR count). The van der Waals surface area contributed by atoms with E-state index in [0.717, 1.165) is 9.80 Å². The molecule has 8 nitrogen and oxygen atoms in total. The quantitative estimate of drug-likeness (QED) is 0.205. The van der Waals surface area contributed by atoms with Crippen LogP contribution in [-0.4, -0.2) is 46.5 Å². The number of nitrogens with zero attached hydrogens (tertiary/aromatic N) is 2. The Morgan fingerprint density at radius 2 is 1.32 bits per heavy atom. The minimum absolute atomic E-state index is 0. The Balaban J connectivity index is 0.000000425. The molecule has 0 saturated heterocycles. The van der Waals surface area contributed by atoms with Crippen LogP contribution in [0.25, 0.3) is 0 Å². The fourth-order valence-electron chi connectivity index (χ4n) is 4.63. The van der Waals surface area contributed by atoms with E-state index in [-0.39, 0.29) is 71.7 Å². The summed E-state index contributed by atoms with van der Waals surface area (Å²) in [4.78, 5) is 65.6. The van der Waals surface area contributed by atoms with Crippen molar-refractivity contribution in [2.45, 2.75) is 13.8 Å². The van der Waals surface area contributed by atoms with E-state index in [0.29, 0.717) is 5.69 Å². The largest absolute Gasteiger partial charge is 0.507 e. The molecule has 41 heavy (non-hydrogen) atoms. The van der Waals surface area contributed by atoms with Crippen molar-refractivity contribution in [1.29, 1.82) is 0 Å². The Morgan fingerprint density at radius 3 is 1.90 bits per heavy atom. The van der Waals surface area contributed by atoms with Crippen molar-refractivity contribution in [1.82, 2.24) is 4.90 Å². The van der Waals surface area contributed by atoms with Gasteiger partial charge in [-0.1, -0.05) is 18.7 Å². The van der Waals surface area contributed by atoms with Crippen molar-refractivity contribution in [3.63, 3.8) is 0 Å². The molecule has 2 aliphatic heterocycles. The van der Waals surface area contributed by atoms with E-state index in [1.54, 1.807) is 24.3 Å². The van der Waals surface area contributed by atoms with Gasteiger partial charge in [0.2, 0.25) is 0 Å². The minimum atomic E-state index is -0.649. The standard InChI is InChI=1S/C25H15N2O6.C7H7.Y/c1-12-19-17(22(30)26(2)25(19)33)11-18(20(12)28)21(29)13-8-9-15-16(10-13)24(32)27(23(15)31)14-6-4-3-5-7-14;1-7-5-3-2-4-6-7;/h4-11,28H,1-2H3;3-6H,1H3;/q2*-1;. The molecule has 0 bridgehead atoms. The summed E-state index contributed by atoms with van der Waals surface area (Å²) in [6.45, 7) is 3.52. The fourth-order valence-corrected chi connectivity index (χ4v) is 4.63. The van der Waals surface area contributed by atoms with Gasteiger partial charge in [0.05, 0.1) is 27.8 Å². The molecule has 0 atom stereocenters. The van der Waals surface area contributed by atoms with Crippen LogP contribution in [0.1, 0.15) is 68.5 Å². The molecule has 0 aromatic heterocycles. The van der Waals surface area contributed by atoms with Gasteiger partial charge in [-0.05, 0) is 25.1 Å². The van der Waals surface area contributed by atoms with Crippen molar-refractivity contribution in [3.8, 4) is 5.75 Å². The zero-order valence-corrected chi connectivity index (χ0v) is 25.2. The maximum absolute atomic E-state index is 13.2. The van der Waals surface area contributed by atoms with Gasteiger partial charge in [-0.15, -0.1) is 12.1 Å². The summed E-state index contributed by atoms with van der Waals surface area (Å²) in [5, 5.41) is 10.6. The Bertz CT molecular complexity index is 1730. The van der Waals surface area contributed by atoms with Crippen LogP contribution in [0.4, 0.5) is 5.69 Å². The number of phenols is 1. The number of amides is 4. The number of benzene rings is 4. The molecule has 0 aliphatic carbocycles. The molecular formula is C32H22N2O6Y-2. The third-order valence-corrected chi connectivity index (χ3v) is 6.83. The molecule has 9 heteroatoms. The van der Waals surface area contributed by atoms with E-state index < -0.39 is 35.2 Å². The van der Waals surface area contributed by atoms with Gasteiger partial charge in [0.1, 0.15) is 5.75 Å². The molecule has 1 N–H and O–H groups in total. The first-order valence-electron chi connectivity index (χ1n) is 12.3. The Labute approximate surface area is 261 Å². The van der Waals surface area contributed by atoms with Gasteiger partial charge in [0.25, 0.3) is 23.6 Å². The molecule has 4 aromatic carbocycles. The second-order valence-electron chi connectivity index (χ2n) is 9.36. The van der Waals surface area contributed by atoms with E-state index in [9.17, 15) is 29.1 Å². The third kappa shape index (κ3) is 5.16. The number of aryl methyl sites for hydroxylation is 1. The number of hydrogen-bond donors (Lipinski definition) is 1. The first kappa shape index (κ1) is 29.7. The zero-order chi connectivity index (χ0) is 28.7. The second-order valence-corrected chi connectivity index (χ2v) is 9.36. The Morgan fingerprint density at radius 1 is 0.732 bits per heavy atom. The normalized spacial score (nSPS) is 13.3. The van der Waals surface area contributed by atoms with Crippen LogP contribution in [0.3, 0.4) is 0 Å². The van der Waals surface area contributed by atoms with Crippen molar-refractivity contribution in [3.05, 3.63) is 129 Å². The SMILES string of the molecule is Cc1c(O)c(C(=O)c2ccc3c(c2)C(=O)N(c2cc[c-]cc2)C3=O)cc2c1C(=O)N(C)C2=O.Cc1cc[c-]cc1.[Y]. The minimum Gasteiger partial charge on any atom is -0.507 e. The van der Waals surface area contributed by atoms with Crippen LogP contribution in [0, 0.1) is 26.0 Å². The fraction of sp³-hybridized carbons (Fsp3) is 0.0938. The summed E-state index contributed by atoms with van der Waals surface area (Å²) < 4.78 is 0. The number of carbonyl (C=O) groups is 5. The number of carbonyl (C=O) groups excluding carboxylic acids is 5. The maximum atomic E-state index is 13.2.